The van der Waals surface area contributed by atoms with Crippen LogP contribution in [-0.4, -0.2) is 101 Å². The van der Waals surface area contributed by atoms with E-state index >= 15 is 0 Å². The van der Waals surface area contributed by atoms with Crippen LogP contribution in [0.15, 0.2) is 384 Å². The van der Waals surface area contributed by atoms with Gasteiger partial charge in [0, 0.05) is 134 Å². The molecule has 0 aliphatic carbocycles. The Hall–Kier alpha value is -21.1. The van der Waals surface area contributed by atoms with E-state index in [4.69, 9.17) is 21.0 Å². The topological polar surface area (TPSA) is 512 Å². The van der Waals surface area contributed by atoms with Gasteiger partial charge in [-0.1, -0.05) is 136 Å². The van der Waals surface area contributed by atoms with Gasteiger partial charge in [-0.05, 0) is 233 Å². The van der Waals surface area contributed by atoms with Crippen LogP contribution in [0.3, 0.4) is 0 Å². The molecule has 0 saturated heterocycles. The third-order valence-corrected chi connectivity index (χ3v) is 20.9. The van der Waals surface area contributed by atoms with E-state index in [0.717, 1.165) is 62.4 Å². The smallest absolute Gasteiger partial charge is 0.247 e. The summed E-state index contributed by atoms with van der Waals surface area (Å²) in [6.45, 7) is 23.1. The van der Waals surface area contributed by atoms with Crippen molar-refractivity contribution in [1.29, 1.82) is 10.5 Å². The highest BCUT2D eigenvalue weighted by Gasteiger charge is 2.18. The van der Waals surface area contributed by atoms with Gasteiger partial charge in [0.15, 0.2) is 11.6 Å². The number of carbonyl (C=O) groups excluding carboxylic acids is 5. The summed E-state index contributed by atoms with van der Waals surface area (Å²) in [7, 11) is -1.89. The molecule has 37 nitrogen and oxygen atoms in total. The van der Waals surface area contributed by atoms with Crippen molar-refractivity contribution < 1.29 is 41.9 Å². The Bertz CT molecular complexity index is 7680. The third-order valence-electron chi connectivity index (χ3n) is 20.0. The Labute approximate surface area is 853 Å². The van der Waals surface area contributed by atoms with Crippen molar-refractivity contribution in [2.24, 2.45) is 5.14 Å². The van der Waals surface area contributed by atoms with Gasteiger partial charge in [-0.15, -0.1) is 6.42 Å². The minimum atomic E-state index is -3.82. The van der Waals surface area contributed by atoms with Gasteiger partial charge in [-0.3, -0.25) is 24.0 Å². The summed E-state index contributed by atoms with van der Waals surface area (Å²) in [5, 5.41) is 65.7. The van der Waals surface area contributed by atoms with E-state index in [9.17, 15) is 42.9 Å². The maximum atomic E-state index is 11.5. The molecule has 0 aliphatic heterocycles. The van der Waals surface area contributed by atoms with Crippen LogP contribution in [0.5, 0.6) is 17.2 Å². The second-order valence-electron chi connectivity index (χ2n) is 31.1. The first kappa shape index (κ1) is 106. The van der Waals surface area contributed by atoms with Crippen LogP contribution in [-0.2, 0) is 34.0 Å². The summed E-state index contributed by atoms with van der Waals surface area (Å²) >= 11 is 0. The second kappa shape index (κ2) is 53.3. The molecular weight excluding hydrogens is 1890 g/mol. The molecular formula is C110H98N28O9S. The molecule has 16 rings (SSSR count). The molecule has 11 aromatic carbocycles. The molecule has 16 N–H and O–H groups in total. The lowest BCUT2D eigenvalue weighted by Crippen LogP contribution is -2.15. The highest BCUT2D eigenvalue weighted by atomic mass is 32.2. The van der Waals surface area contributed by atoms with Gasteiger partial charge in [0.05, 0.1) is 17.3 Å². The zero-order valence-corrected chi connectivity index (χ0v) is 81.0. The SMILES string of the molecule is C#CCOc1cccc(Nc2ncc(C)c(Nc3cccc(NC(=O)C=C)c3)n2)c1.C=CC(=O)Nc1cccc(N(C)c2nc(Nc3ccccc3)ncc2C)c1.C=CC(=O)Nc1cccc(Nc2nc(Nc3cccc(S(N)(=O)=O)c3)ncc2C)c1.C=CC(=O)Nc1cccc(Nc2nc(Nc3ccccc3)ncc2C#N)c1.C=CC(=O)Nc1cccc(Nc2ncc(C#N)c(Nc3ccc(Oc4ccccc4)cc3)n2)c1. The van der Waals surface area contributed by atoms with Crippen molar-refractivity contribution in [1.82, 2.24) is 49.8 Å². The minimum absolute atomic E-state index is 0.0173. The molecule has 0 saturated carbocycles. The van der Waals surface area contributed by atoms with E-state index in [1.165, 1.54) is 54.9 Å². The molecule has 0 bridgehead atoms. The zero-order valence-electron chi connectivity index (χ0n) is 80.2. The van der Waals surface area contributed by atoms with Crippen molar-refractivity contribution in [2.75, 3.05) is 93.0 Å². The van der Waals surface area contributed by atoms with Gasteiger partial charge in [-0.2, -0.15) is 35.4 Å². The number of hydrogen-bond donors (Lipinski definition) is 15. The molecule has 0 unspecified atom stereocenters. The molecule has 5 aromatic heterocycles. The Morgan fingerprint density at radius 3 is 1.05 bits per heavy atom. The molecule has 0 atom stereocenters. The quantitative estimate of drug-likeness (QED) is 0.0130. The predicted octanol–water partition coefficient (Wildman–Crippen LogP) is 21.6. The monoisotopic (exact) mass is 1990 g/mol. The van der Waals surface area contributed by atoms with Gasteiger partial charge >= 0.3 is 0 Å². The number of aromatic nitrogens is 10. The number of nitrogens with two attached hydrogens (primary N) is 1. The van der Waals surface area contributed by atoms with E-state index in [0.29, 0.717) is 115 Å². The standard InChI is InChI=1S/C26H20N6O2.C23H21N5O2.C21H21N5O.C20H20N6O3S.C20H16N6O/c1-2-24(33)29-20-7-6-8-21(15-20)31-26-28-17-18(16-27)25(32-26)30-19-11-13-23(14-12-19)34-22-9-4-3-5-10-22;1-4-12-30-20-11-7-10-19(14-20)27-23-24-15-16(3)22(28-23)26-18-9-6-8-17(13-18)25-21(29)5-2;1-4-19(27)23-17-11-8-12-18(13-17)26(3)20-15(2)14-22-21(25-20)24-16-9-6-5-7-10-16;1-3-18(27)23-14-6-4-7-15(10-14)24-19-13(2)12-22-20(26-19)25-16-8-5-9-17(11-16)30(21,28)29;1-2-18(27)23-16-9-6-10-17(11-16)24-19-14(12-21)13-22-20(26-19)25-15-7-4-3-5-8-15/h2-15,17H,1H2,(H,29,33)(H2,28,30,31,32);1,5-11,13-15H,2,12H2,3H3,(H,25,29)(H2,24,26,27,28);4-14H,1H2,2-3H3,(H,23,27)(H,22,24,25);3-12H,1H2,2H3,(H,23,27)(H2,21,28,29)(H2,22,24,25,26);2-11,13H,1H2,(H,23,27)(H2,22,24,25,26). The number of primary sulfonamides is 1. The van der Waals surface area contributed by atoms with E-state index in [-0.39, 0.29) is 52.9 Å². The Morgan fingerprint density at radius 1 is 0.345 bits per heavy atom. The highest BCUT2D eigenvalue weighted by Crippen LogP contribution is 2.34. The van der Waals surface area contributed by atoms with Crippen molar-refractivity contribution in [3.05, 3.63) is 407 Å². The number of ether oxygens (including phenoxy) is 2. The molecule has 0 spiro atoms. The number of anilines is 25. The average Bonchev–Trinajstić information content (AvgIpc) is 0.846. The van der Waals surface area contributed by atoms with E-state index < -0.39 is 10.0 Å². The summed E-state index contributed by atoms with van der Waals surface area (Å²) in [5.41, 5.74) is 13.8. The van der Waals surface area contributed by atoms with Crippen molar-refractivity contribution in [2.45, 2.75) is 25.7 Å². The van der Waals surface area contributed by atoms with Crippen LogP contribution < -0.4 is 93.9 Å². The fourth-order valence-electron chi connectivity index (χ4n) is 12.9. The number of sulfonamides is 1. The Morgan fingerprint density at radius 2 is 0.642 bits per heavy atom. The molecule has 0 radical (unpaired) electrons. The van der Waals surface area contributed by atoms with Crippen LogP contribution in [0.2, 0.25) is 0 Å². The van der Waals surface area contributed by atoms with Crippen molar-refractivity contribution in [3.63, 3.8) is 0 Å². The van der Waals surface area contributed by atoms with Gasteiger partial charge in [0.25, 0.3) is 0 Å². The number of rotatable bonds is 35. The number of terminal acetylenes is 1. The average molecular weight is 1990 g/mol. The van der Waals surface area contributed by atoms with Crippen molar-refractivity contribution in [3.8, 4) is 41.7 Å². The summed E-state index contributed by atoms with van der Waals surface area (Å²) in [6, 6.07) is 89.8. The number of para-hydroxylation sites is 3. The predicted molar refractivity (Wildman–Crippen MR) is 582 cm³/mol. The molecule has 16 aromatic rings. The number of nitriles is 2. The number of carbonyl (C=O) groups is 5. The summed E-state index contributed by atoms with van der Waals surface area (Å²) in [4.78, 5) is 103. The number of aryl methyl sites for hydroxylation is 3. The summed E-state index contributed by atoms with van der Waals surface area (Å²) < 4.78 is 34.3. The molecule has 5 amide bonds. The lowest BCUT2D eigenvalue weighted by molar-refractivity contribution is -0.112. The fraction of sp³-hybridized carbons (Fsp3) is 0.0455. The van der Waals surface area contributed by atoms with Crippen molar-refractivity contribution >= 4 is 184 Å². The van der Waals surface area contributed by atoms with Gasteiger partial charge < -0.3 is 88.8 Å². The first-order valence-corrected chi connectivity index (χ1v) is 46.4. The van der Waals surface area contributed by atoms with Crippen LogP contribution in [0.25, 0.3) is 0 Å². The Kier molecular flexibility index (Phi) is 38.1. The molecule has 0 aliphatic rings. The maximum Gasteiger partial charge on any atom is 0.247 e. The third kappa shape index (κ3) is 33.3. The minimum Gasteiger partial charge on any atom is -0.481 e. The number of nitrogens with one attached hydrogen (secondary N) is 14. The molecule has 738 valence electrons. The fourth-order valence-corrected chi connectivity index (χ4v) is 13.5. The van der Waals surface area contributed by atoms with E-state index in [2.05, 4.69) is 175 Å². The van der Waals surface area contributed by atoms with Gasteiger partial charge in [0.1, 0.15) is 64.6 Å². The van der Waals surface area contributed by atoms with E-state index in [1.54, 1.807) is 97.5 Å². The van der Waals surface area contributed by atoms with E-state index in [1.807, 2.05) is 227 Å². The molecule has 0 fully saturated rings. The number of hydrogen-bond acceptors (Lipinski definition) is 31. The van der Waals surface area contributed by atoms with Gasteiger partial charge in [-0.25, -0.2) is 38.5 Å². The number of amides is 5. The normalized spacial score (nSPS) is 10.1. The lowest BCUT2D eigenvalue weighted by Gasteiger charge is -2.21. The maximum absolute atomic E-state index is 11.5. The molecule has 5 heterocycles. The van der Waals surface area contributed by atoms with Crippen LogP contribution in [0, 0.1) is 55.8 Å². The second-order valence-corrected chi connectivity index (χ2v) is 32.6. The Balaban J connectivity index is 0.000000165. The lowest BCUT2D eigenvalue weighted by atomic mass is 10.2. The number of nitrogens with zero attached hydrogens (tertiary/aromatic N) is 13. The molecule has 148 heavy (non-hydrogen) atoms. The first-order chi connectivity index (χ1) is 71.7. The number of benzene rings is 11. The first-order valence-electron chi connectivity index (χ1n) is 44.8. The summed E-state index contributed by atoms with van der Waals surface area (Å²) in [6.07, 6.45) is 19.3. The largest absolute Gasteiger partial charge is 0.481 e. The molecule has 38 heteroatoms. The van der Waals surface area contributed by atoms with Crippen LogP contribution in [0.4, 0.5) is 144 Å². The van der Waals surface area contributed by atoms with Crippen LogP contribution in [0.1, 0.15) is 27.8 Å². The van der Waals surface area contributed by atoms with Gasteiger partial charge in [0.2, 0.25) is 69.3 Å². The van der Waals surface area contributed by atoms with Crippen LogP contribution >= 0.6 is 0 Å². The highest BCUT2D eigenvalue weighted by molar-refractivity contribution is 7.89. The zero-order chi connectivity index (χ0) is 105. The summed E-state index contributed by atoms with van der Waals surface area (Å²) in [5.74, 6) is 7.61.